The monoisotopic (exact) mass is 236 g/mol. The summed E-state index contributed by atoms with van der Waals surface area (Å²) in [5.41, 5.74) is 0. The van der Waals surface area contributed by atoms with E-state index < -0.39 is 17.0 Å². The molecule has 0 unspecified atom stereocenters. The van der Waals surface area contributed by atoms with Crippen LogP contribution in [0.1, 0.15) is 0 Å². The van der Waals surface area contributed by atoms with Gasteiger partial charge in [-0.05, 0) is 0 Å². The molecule has 0 saturated carbocycles. The average Bonchev–Trinajstić information content (AvgIpc) is 0.811. The van der Waals surface area contributed by atoms with Crippen molar-refractivity contribution in [3.8, 4) is 0 Å². The van der Waals surface area contributed by atoms with Crippen molar-refractivity contribution in [1.29, 1.82) is 0 Å². The van der Waals surface area contributed by atoms with Crippen LogP contribution in [-0.2, 0) is 24.0 Å². The molecule has 0 fully saturated rings. The second-order valence-electron chi connectivity index (χ2n) is 0.201. The quantitative estimate of drug-likeness (QED) is 0.598. The Bertz CT molecular complexity index is 51.7. The van der Waals surface area contributed by atoms with E-state index in [-0.39, 0.29) is 0 Å². The second-order valence-corrected chi connectivity index (χ2v) is 1.65. The molecule has 0 aliphatic rings. The fourth-order valence-electron chi connectivity index (χ4n) is 0. The van der Waals surface area contributed by atoms with Crippen LogP contribution in [-0.4, -0.2) is 3.83 Å². The maximum atomic E-state index is 8.71. The van der Waals surface area contributed by atoms with Gasteiger partial charge in [-0.15, -0.1) is 0 Å². The molecular weight excluding hydrogens is 234 g/mol. The van der Waals surface area contributed by atoms with Gasteiger partial charge >= 0.3 is 27.8 Å². The van der Waals surface area contributed by atoms with Gasteiger partial charge in [-0.2, -0.15) is 0 Å². The Morgan fingerprint density at radius 3 is 1.50 bits per heavy atom. The minimum atomic E-state index is -3.96. The third-order valence-corrected chi connectivity index (χ3v) is 0. The van der Waals surface area contributed by atoms with E-state index in [0.29, 0.717) is 0 Å². The number of hydrogen-bond donors (Lipinski definition) is 1. The SMILES string of the molecule is [O]=[Re](=[O])[OH]. The molecule has 0 saturated heterocycles. The maximum absolute atomic E-state index is 8.71. The zero-order valence-electron chi connectivity index (χ0n) is 1.64. The first-order chi connectivity index (χ1) is 1.73. The molecule has 0 aliphatic heterocycles. The van der Waals surface area contributed by atoms with Gasteiger partial charge in [-0.1, -0.05) is 0 Å². The minimum absolute atomic E-state index is 3.96. The number of rotatable bonds is 0. The summed E-state index contributed by atoms with van der Waals surface area (Å²) in [6.07, 6.45) is 0. The zero-order valence-corrected chi connectivity index (χ0v) is 4.36. The molecule has 0 aliphatic carbocycles. The Morgan fingerprint density at radius 1 is 1.50 bits per heavy atom. The summed E-state index contributed by atoms with van der Waals surface area (Å²) in [5.74, 6) is 0. The van der Waals surface area contributed by atoms with Crippen LogP contribution in [0.5, 0.6) is 0 Å². The molecule has 0 radical (unpaired) electrons. The molecule has 0 aromatic heterocycles. The van der Waals surface area contributed by atoms with Crippen LogP contribution in [0.15, 0.2) is 0 Å². The van der Waals surface area contributed by atoms with Crippen LogP contribution in [0.3, 0.4) is 0 Å². The second kappa shape index (κ2) is 1.53. The summed E-state index contributed by atoms with van der Waals surface area (Å²) < 4.78 is 24.6. The van der Waals surface area contributed by atoms with Crippen molar-refractivity contribution in [3.05, 3.63) is 0 Å². The van der Waals surface area contributed by atoms with E-state index in [1.165, 1.54) is 0 Å². The first-order valence-electron chi connectivity index (χ1n) is 0.478. The molecular formula is HO3Re. The van der Waals surface area contributed by atoms with E-state index in [4.69, 9.17) is 10.8 Å². The summed E-state index contributed by atoms with van der Waals surface area (Å²) in [6, 6.07) is 0. The topological polar surface area (TPSA) is 54.4 Å². The third kappa shape index (κ3) is 67.2. The van der Waals surface area contributed by atoms with Gasteiger partial charge in [0.25, 0.3) is 0 Å². The first-order valence-corrected chi connectivity index (χ1v) is 3.91. The van der Waals surface area contributed by atoms with E-state index in [1.807, 2.05) is 0 Å². The van der Waals surface area contributed by atoms with Gasteiger partial charge in [0.15, 0.2) is 0 Å². The summed E-state index contributed by atoms with van der Waals surface area (Å²) in [5, 5.41) is 0. The average molecular weight is 235 g/mol. The van der Waals surface area contributed by atoms with E-state index in [1.54, 1.807) is 0 Å². The summed E-state index contributed by atoms with van der Waals surface area (Å²) in [7, 11) is 0. The first kappa shape index (κ1) is 4.22. The normalized spacial score (nSPS) is 8.50. The standard InChI is InChI=1S/H2O.2O.Re/h1H2;;;/q;;;+1/p-1. The Kier molecular flexibility index (Phi) is 1.62. The van der Waals surface area contributed by atoms with Gasteiger partial charge in [0.1, 0.15) is 0 Å². The summed E-state index contributed by atoms with van der Waals surface area (Å²) in [6.45, 7) is 0. The van der Waals surface area contributed by atoms with E-state index >= 15 is 0 Å². The molecule has 26 valence electrons. The molecule has 0 heterocycles. The van der Waals surface area contributed by atoms with Gasteiger partial charge in [-0.25, -0.2) is 0 Å². The molecule has 0 atom stereocenters. The van der Waals surface area contributed by atoms with Crippen LogP contribution in [0, 0.1) is 0 Å². The van der Waals surface area contributed by atoms with Crippen molar-refractivity contribution in [2.24, 2.45) is 0 Å². The molecule has 0 aromatic carbocycles. The molecule has 0 amide bonds. The van der Waals surface area contributed by atoms with Gasteiger partial charge in [0.05, 0.1) is 0 Å². The third-order valence-electron chi connectivity index (χ3n) is 0. The van der Waals surface area contributed by atoms with Gasteiger partial charge in [0.2, 0.25) is 0 Å². The zero-order chi connectivity index (χ0) is 3.58. The Balaban J connectivity index is 3.51. The van der Waals surface area contributed by atoms with E-state index in [2.05, 4.69) is 0 Å². The molecule has 4 heavy (non-hydrogen) atoms. The van der Waals surface area contributed by atoms with Crippen molar-refractivity contribution < 1.29 is 27.8 Å². The molecule has 0 rings (SSSR count). The van der Waals surface area contributed by atoms with Crippen molar-refractivity contribution in [2.45, 2.75) is 0 Å². The van der Waals surface area contributed by atoms with Crippen LogP contribution >= 0.6 is 0 Å². The molecule has 0 aromatic rings. The van der Waals surface area contributed by atoms with Crippen LogP contribution in [0.4, 0.5) is 0 Å². The van der Waals surface area contributed by atoms with Crippen molar-refractivity contribution in [2.75, 3.05) is 0 Å². The Labute approximate surface area is 28.6 Å². The van der Waals surface area contributed by atoms with E-state index in [9.17, 15) is 0 Å². The molecule has 3 nitrogen and oxygen atoms in total. The molecule has 1 N–H and O–H groups in total. The van der Waals surface area contributed by atoms with Crippen molar-refractivity contribution in [3.63, 3.8) is 0 Å². The molecule has 0 bridgehead atoms. The fraction of sp³-hybridized carbons (Fsp3) is 0. The predicted octanol–water partition coefficient (Wildman–Crippen LogP) is -0.797. The van der Waals surface area contributed by atoms with Crippen molar-refractivity contribution in [1.82, 2.24) is 0 Å². The van der Waals surface area contributed by atoms with Gasteiger partial charge in [-0.3, -0.25) is 0 Å². The van der Waals surface area contributed by atoms with E-state index in [0.717, 1.165) is 0 Å². The fourth-order valence-corrected chi connectivity index (χ4v) is 0. The Hall–Kier alpha value is 0.222. The van der Waals surface area contributed by atoms with Gasteiger partial charge in [0, 0.05) is 0 Å². The molecule has 4 heteroatoms. The summed E-state index contributed by atoms with van der Waals surface area (Å²) >= 11 is -3.96. The predicted molar refractivity (Wildman–Crippen MR) is 3.59 cm³/mol. The molecule has 0 spiro atoms. The van der Waals surface area contributed by atoms with Crippen molar-refractivity contribution >= 4 is 0 Å². The number of hydrogen-bond acceptors (Lipinski definition) is 2. The summed E-state index contributed by atoms with van der Waals surface area (Å²) in [4.78, 5) is 0. The van der Waals surface area contributed by atoms with Crippen LogP contribution < -0.4 is 0 Å². The van der Waals surface area contributed by atoms with Gasteiger partial charge < -0.3 is 0 Å². The van der Waals surface area contributed by atoms with Crippen LogP contribution in [0.2, 0.25) is 0 Å². The van der Waals surface area contributed by atoms with Crippen LogP contribution in [0.25, 0.3) is 0 Å². The Morgan fingerprint density at radius 2 is 1.50 bits per heavy atom.